The van der Waals surface area contributed by atoms with Gasteiger partial charge < -0.3 is 15.7 Å². The number of halogens is 1. The molecule has 0 spiro atoms. The van der Waals surface area contributed by atoms with Crippen molar-refractivity contribution in [2.45, 2.75) is 58.1 Å². The van der Waals surface area contributed by atoms with Crippen molar-refractivity contribution < 1.29 is 19.5 Å². The van der Waals surface area contributed by atoms with E-state index < -0.39 is 24.0 Å². The summed E-state index contributed by atoms with van der Waals surface area (Å²) in [5.74, 6) is -1.31. The molecule has 0 radical (unpaired) electrons. The van der Waals surface area contributed by atoms with Gasteiger partial charge in [-0.25, -0.2) is 4.79 Å². The van der Waals surface area contributed by atoms with E-state index in [2.05, 4.69) is 16.0 Å². The summed E-state index contributed by atoms with van der Waals surface area (Å²) in [6.45, 7) is 3.55. The highest BCUT2D eigenvalue weighted by atomic mass is 35.5. The molecule has 0 aliphatic rings. The predicted octanol–water partition coefficient (Wildman–Crippen LogP) is 2.92. The van der Waals surface area contributed by atoms with E-state index in [9.17, 15) is 19.5 Å². The Balaban J connectivity index is 2.81. The molecule has 7 nitrogen and oxygen atoms in total. The number of hydrogen-bond acceptors (Lipinski definition) is 4. The van der Waals surface area contributed by atoms with Gasteiger partial charge in [-0.1, -0.05) is 30.7 Å². The number of aliphatic hydroxyl groups is 1. The van der Waals surface area contributed by atoms with Gasteiger partial charge in [0.25, 0.3) is 0 Å². The quantitative estimate of drug-likeness (QED) is 0.474. The standard InChI is InChI=1S/C20H30ClN3O4/c1-4-14(12-18(26)24-20(28)22-3)19(27)23-17(10-5-7-13(2)25)15-8-6-9-16(21)11-15/h6,8-9,11,13-14,17,25H,4-5,7,10,12H2,1-3H3,(H,23,27)(H2,22,24,26,28)/t13?,14-,17?/m1/s1. The van der Waals surface area contributed by atoms with Crippen LogP contribution in [0, 0.1) is 5.92 Å². The van der Waals surface area contributed by atoms with Gasteiger partial charge in [-0.3, -0.25) is 14.9 Å². The molecule has 0 heterocycles. The molecule has 8 heteroatoms. The number of benzene rings is 1. The van der Waals surface area contributed by atoms with E-state index in [1.807, 2.05) is 19.1 Å². The average molecular weight is 412 g/mol. The van der Waals surface area contributed by atoms with Crippen LogP contribution in [0.4, 0.5) is 4.79 Å². The lowest BCUT2D eigenvalue weighted by atomic mass is 9.96. The SMILES string of the molecule is CC[C@H](CC(=O)NC(=O)NC)C(=O)NC(CCCC(C)O)c1cccc(Cl)c1. The second kappa shape index (κ2) is 12.4. The van der Waals surface area contributed by atoms with Crippen LogP contribution in [-0.4, -0.2) is 36.1 Å². The number of hydrogen-bond donors (Lipinski definition) is 4. The number of amides is 4. The van der Waals surface area contributed by atoms with Crippen LogP contribution in [0.1, 0.15) is 57.6 Å². The highest BCUT2D eigenvalue weighted by Crippen LogP contribution is 2.24. The van der Waals surface area contributed by atoms with Crippen LogP contribution in [-0.2, 0) is 9.59 Å². The van der Waals surface area contributed by atoms with E-state index in [0.29, 0.717) is 24.3 Å². The molecule has 4 amide bonds. The summed E-state index contributed by atoms with van der Waals surface area (Å²) in [5.41, 5.74) is 0.871. The molecule has 1 rings (SSSR count). The number of rotatable bonds is 10. The van der Waals surface area contributed by atoms with Crippen LogP contribution in [0.5, 0.6) is 0 Å². The smallest absolute Gasteiger partial charge is 0.321 e. The topological polar surface area (TPSA) is 108 Å². The van der Waals surface area contributed by atoms with Crippen LogP contribution in [0.25, 0.3) is 0 Å². The Hall–Kier alpha value is -2.12. The summed E-state index contributed by atoms with van der Waals surface area (Å²) >= 11 is 6.09. The van der Waals surface area contributed by atoms with Crippen molar-refractivity contribution in [3.8, 4) is 0 Å². The molecule has 3 atom stereocenters. The Morgan fingerprint density at radius 3 is 2.50 bits per heavy atom. The molecule has 0 saturated carbocycles. The fraction of sp³-hybridized carbons (Fsp3) is 0.550. The maximum absolute atomic E-state index is 12.8. The third-order valence-corrected chi connectivity index (χ3v) is 4.69. The minimum atomic E-state index is -0.602. The van der Waals surface area contributed by atoms with Crippen LogP contribution < -0.4 is 16.0 Å². The largest absolute Gasteiger partial charge is 0.393 e. The molecule has 1 aromatic rings. The lowest BCUT2D eigenvalue weighted by Gasteiger charge is -2.23. The lowest BCUT2D eigenvalue weighted by molar-refractivity contribution is -0.130. The van der Waals surface area contributed by atoms with Crippen LogP contribution in [0.2, 0.25) is 5.02 Å². The molecule has 0 saturated heterocycles. The average Bonchev–Trinajstić information content (AvgIpc) is 2.64. The zero-order valence-corrected chi connectivity index (χ0v) is 17.4. The Bertz CT molecular complexity index is 667. The van der Waals surface area contributed by atoms with Gasteiger partial charge >= 0.3 is 6.03 Å². The van der Waals surface area contributed by atoms with E-state index in [1.165, 1.54) is 7.05 Å². The molecule has 0 aromatic heterocycles. The first-order valence-electron chi connectivity index (χ1n) is 9.52. The summed E-state index contributed by atoms with van der Waals surface area (Å²) in [4.78, 5) is 35.9. The van der Waals surface area contributed by atoms with Gasteiger partial charge in [0.2, 0.25) is 11.8 Å². The molecule has 0 aliphatic carbocycles. The van der Waals surface area contributed by atoms with E-state index in [1.54, 1.807) is 19.1 Å². The number of carbonyl (C=O) groups is 3. The van der Waals surface area contributed by atoms with Crippen molar-refractivity contribution in [3.63, 3.8) is 0 Å². The molecule has 28 heavy (non-hydrogen) atoms. The van der Waals surface area contributed by atoms with Gasteiger partial charge in [0.05, 0.1) is 12.1 Å². The summed E-state index contributed by atoms with van der Waals surface area (Å²) in [6, 6.07) is 6.39. The van der Waals surface area contributed by atoms with Gasteiger partial charge in [0.15, 0.2) is 0 Å². The van der Waals surface area contributed by atoms with Crippen molar-refractivity contribution in [3.05, 3.63) is 34.9 Å². The first kappa shape index (κ1) is 23.9. The molecular formula is C20H30ClN3O4. The molecule has 0 aliphatic heterocycles. The van der Waals surface area contributed by atoms with E-state index in [0.717, 1.165) is 12.0 Å². The van der Waals surface area contributed by atoms with Crippen molar-refractivity contribution in [2.24, 2.45) is 5.92 Å². The van der Waals surface area contributed by atoms with E-state index >= 15 is 0 Å². The van der Waals surface area contributed by atoms with Gasteiger partial charge in [0, 0.05) is 24.4 Å². The van der Waals surface area contributed by atoms with Gasteiger partial charge in [-0.05, 0) is 50.3 Å². The monoisotopic (exact) mass is 411 g/mol. The third-order valence-electron chi connectivity index (χ3n) is 4.46. The summed E-state index contributed by atoms with van der Waals surface area (Å²) in [6.07, 6.45) is 1.96. The van der Waals surface area contributed by atoms with Crippen LogP contribution in [0.15, 0.2) is 24.3 Å². The second-order valence-corrected chi connectivity index (χ2v) is 7.27. The number of urea groups is 1. The molecule has 4 N–H and O–H groups in total. The normalized spacial score (nSPS) is 13.9. The van der Waals surface area contributed by atoms with Gasteiger partial charge in [-0.15, -0.1) is 0 Å². The summed E-state index contributed by atoms with van der Waals surface area (Å²) in [7, 11) is 1.41. The van der Waals surface area contributed by atoms with E-state index in [4.69, 9.17) is 11.6 Å². The van der Waals surface area contributed by atoms with Crippen molar-refractivity contribution in [1.29, 1.82) is 0 Å². The first-order valence-corrected chi connectivity index (χ1v) is 9.90. The predicted molar refractivity (Wildman–Crippen MR) is 109 cm³/mol. The zero-order valence-electron chi connectivity index (χ0n) is 16.6. The summed E-state index contributed by atoms with van der Waals surface area (Å²) < 4.78 is 0. The molecule has 156 valence electrons. The van der Waals surface area contributed by atoms with Gasteiger partial charge in [-0.2, -0.15) is 0 Å². The van der Waals surface area contributed by atoms with Crippen LogP contribution in [0.3, 0.4) is 0 Å². The molecular weight excluding hydrogens is 382 g/mol. The molecule has 2 unspecified atom stereocenters. The maximum atomic E-state index is 12.8. The van der Waals surface area contributed by atoms with E-state index in [-0.39, 0.29) is 18.4 Å². The second-order valence-electron chi connectivity index (χ2n) is 6.83. The Kier molecular flexibility index (Phi) is 10.6. The minimum Gasteiger partial charge on any atom is -0.393 e. The first-order chi connectivity index (χ1) is 13.3. The number of imide groups is 1. The Morgan fingerprint density at radius 1 is 1.21 bits per heavy atom. The highest BCUT2D eigenvalue weighted by molar-refractivity contribution is 6.30. The maximum Gasteiger partial charge on any atom is 0.321 e. The zero-order chi connectivity index (χ0) is 21.1. The number of aliphatic hydroxyl groups excluding tert-OH is 1. The molecule has 0 bridgehead atoms. The lowest BCUT2D eigenvalue weighted by Crippen LogP contribution is -2.41. The Morgan fingerprint density at radius 2 is 1.93 bits per heavy atom. The summed E-state index contributed by atoms with van der Waals surface area (Å²) in [5, 5.41) is 17.5. The van der Waals surface area contributed by atoms with Crippen molar-refractivity contribution in [1.82, 2.24) is 16.0 Å². The van der Waals surface area contributed by atoms with Crippen molar-refractivity contribution in [2.75, 3.05) is 7.05 Å². The van der Waals surface area contributed by atoms with Crippen LogP contribution >= 0.6 is 11.6 Å². The third kappa shape index (κ3) is 8.71. The molecule has 0 fully saturated rings. The fourth-order valence-electron chi connectivity index (χ4n) is 2.84. The fourth-order valence-corrected chi connectivity index (χ4v) is 3.04. The van der Waals surface area contributed by atoms with Crippen molar-refractivity contribution >= 4 is 29.4 Å². The number of nitrogens with one attached hydrogen (secondary N) is 3. The minimum absolute atomic E-state index is 0.0777. The number of carbonyl (C=O) groups excluding carboxylic acids is 3. The Labute approximate surface area is 171 Å². The molecule has 1 aromatic carbocycles. The highest BCUT2D eigenvalue weighted by Gasteiger charge is 2.24. The van der Waals surface area contributed by atoms with Gasteiger partial charge in [0.1, 0.15) is 0 Å².